The summed E-state index contributed by atoms with van der Waals surface area (Å²) < 4.78 is 5.21. The lowest BCUT2D eigenvalue weighted by molar-refractivity contribution is -0.00630. The van der Waals surface area contributed by atoms with Gasteiger partial charge in [-0.05, 0) is 49.3 Å². The van der Waals surface area contributed by atoms with Crippen molar-refractivity contribution in [3.05, 3.63) is 29.8 Å². The molecule has 1 aliphatic carbocycles. The Bertz CT molecular complexity index is 471. The maximum Gasteiger partial charge on any atom is 0.174 e. The molecule has 0 unspecified atom stereocenters. The fourth-order valence-corrected chi connectivity index (χ4v) is 2.73. The third kappa shape index (κ3) is 5.04. The Kier molecular flexibility index (Phi) is 5.60. The van der Waals surface area contributed by atoms with Crippen molar-refractivity contribution in [2.24, 2.45) is 5.92 Å². The van der Waals surface area contributed by atoms with Crippen LogP contribution in [0.2, 0.25) is 0 Å². The lowest BCUT2D eigenvalue weighted by Crippen LogP contribution is -2.43. The van der Waals surface area contributed by atoms with E-state index in [-0.39, 0.29) is 6.61 Å². The van der Waals surface area contributed by atoms with E-state index in [2.05, 4.69) is 12.2 Å². The van der Waals surface area contributed by atoms with Gasteiger partial charge in [-0.3, -0.25) is 0 Å². The number of aliphatic hydroxyl groups is 1. The molecule has 0 spiro atoms. The topological polar surface area (TPSA) is 65.3 Å². The van der Waals surface area contributed by atoms with Crippen molar-refractivity contribution < 1.29 is 9.84 Å². The van der Waals surface area contributed by atoms with Crippen molar-refractivity contribution in [2.75, 3.05) is 13.2 Å². The van der Waals surface area contributed by atoms with E-state index in [1.54, 1.807) is 0 Å². The average Bonchev–Trinajstić information content (AvgIpc) is 2.50. The molecular weight excluding hydrogens is 264 g/mol. The van der Waals surface area contributed by atoms with E-state index in [9.17, 15) is 5.11 Å². The number of nitrogens with zero attached hydrogens (tertiary/aromatic N) is 1. The maximum absolute atomic E-state index is 10.5. The zero-order valence-corrected chi connectivity index (χ0v) is 12.6. The summed E-state index contributed by atoms with van der Waals surface area (Å²) in [5.41, 5.74) is 0.606. The number of nitrogens with one attached hydrogen (secondary N) is 1. The minimum atomic E-state index is -0.539. The molecule has 0 bridgehead atoms. The van der Waals surface area contributed by atoms with E-state index in [4.69, 9.17) is 10.00 Å². The van der Waals surface area contributed by atoms with Gasteiger partial charge in [0.2, 0.25) is 0 Å². The van der Waals surface area contributed by atoms with Crippen LogP contribution in [0, 0.1) is 17.2 Å². The van der Waals surface area contributed by atoms with Crippen LogP contribution in [-0.2, 0) is 6.54 Å². The van der Waals surface area contributed by atoms with Crippen LogP contribution in [0.3, 0.4) is 0 Å². The highest BCUT2D eigenvalue weighted by Gasteiger charge is 2.31. The lowest BCUT2D eigenvalue weighted by Gasteiger charge is -2.35. The summed E-state index contributed by atoms with van der Waals surface area (Å²) in [4.78, 5) is 0. The van der Waals surface area contributed by atoms with Gasteiger partial charge in [0.05, 0.1) is 5.60 Å². The summed E-state index contributed by atoms with van der Waals surface area (Å²) in [6, 6.07) is 9.64. The molecule has 1 saturated carbocycles. The zero-order valence-electron chi connectivity index (χ0n) is 12.6. The molecule has 0 heterocycles. The molecule has 0 aliphatic heterocycles. The average molecular weight is 288 g/mol. The van der Waals surface area contributed by atoms with Gasteiger partial charge in [0.1, 0.15) is 11.8 Å². The van der Waals surface area contributed by atoms with Crippen LogP contribution in [0.4, 0.5) is 0 Å². The van der Waals surface area contributed by atoms with Crippen molar-refractivity contribution in [3.8, 4) is 11.8 Å². The molecular formula is C17H24N2O2. The van der Waals surface area contributed by atoms with Gasteiger partial charge in [-0.25, -0.2) is 0 Å². The fraction of sp³-hybridized carbons (Fsp3) is 0.588. The Labute approximate surface area is 126 Å². The highest BCUT2D eigenvalue weighted by atomic mass is 16.5. The van der Waals surface area contributed by atoms with E-state index in [1.807, 2.05) is 30.3 Å². The van der Waals surface area contributed by atoms with Gasteiger partial charge >= 0.3 is 0 Å². The summed E-state index contributed by atoms with van der Waals surface area (Å²) in [6.07, 6.45) is 4.01. The normalized spacial score (nSPS) is 25.3. The Morgan fingerprint density at radius 1 is 1.33 bits per heavy atom. The summed E-state index contributed by atoms with van der Waals surface area (Å²) in [5, 5.41) is 22.3. The monoisotopic (exact) mass is 288 g/mol. The summed E-state index contributed by atoms with van der Waals surface area (Å²) in [6.45, 7) is 3.70. The molecule has 0 radical (unpaired) electrons. The van der Waals surface area contributed by atoms with E-state index < -0.39 is 5.60 Å². The van der Waals surface area contributed by atoms with Crippen LogP contribution in [0.5, 0.6) is 5.75 Å². The van der Waals surface area contributed by atoms with Gasteiger partial charge in [0.25, 0.3) is 0 Å². The fourth-order valence-electron chi connectivity index (χ4n) is 2.73. The standard InChI is InChI=1S/C17H24N2O2/c1-14-6-8-17(20,9-7-14)13-19-12-15-2-4-16(5-3-15)21-11-10-18/h2-5,14,19-20H,6-9,11-13H2,1H3. The number of hydrogen-bond acceptors (Lipinski definition) is 4. The third-order valence-electron chi connectivity index (χ3n) is 4.21. The first-order chi connectivity index (χ1) is 10.1. The van der Waals surface area contributed by atoms with Gasteiger partial charge in [-0.1, -0.05) is 19.1 Å². The van der Waals surface area contributed by atoms with Crippen molar-refractivity contribution in [3.63, 3.8) is 0 Å². The smallest absolute Gasteiger partial charge is 0.174 e. The molecule has 0 saturated heterocycles. The van der Waals surface area contributed by atoms with E-state index in [0.717, 1.165) is 43.7 Å². The minimum Gasteiger partial charge on any atom is -0.479 e. The first-order valence-corrected chi connectivity index (χ1v) is 7.63. The van der Waals surface area contributed by atoms with Crippen molar-refractivity contribution >= 4 is 0 Å². The quantitative estimate of drug-likeness (QED) is 0.844. The van der Waals surface area contributed by atoms with Crippen LogP contribution in [0.15, 0.2) is 24.3 Å². The molecule has 1 aliphatic rings. The Morgan fingerprint density at radius 3 is 2.62 bits per heavy atom. The summed E-state index contributed by atoms with van der Waals surface area (Å²) >= 11 is 0. The Hall–Kier alpha value is -1.57. The lowest BCUT2D eigenvalue weighted by atomic mass is 9.79. The first-order valence-electron chi connectivity index (χ1n) is 7.63. The molecule has 0 atom stereocenters. The molecule has 2 N–H and O–H groups in total. The van der Waals surface area contributed by atoms with Crippen LogP contribution < -0.4 is 10.1 Å². The zero-order chi connectivity index (χ0) is 15.1. The van der Waals surface area contributed by atoms with Gasteiger partial charge < -0.3 is 15.2 Å². The van der Waals surface area contributed by atoms with Crippen LogP contribution >= 0.6 is 0 Å². The summed E-state index contributed by atoms with van der Waals surface area (Å²) in [7, 11) is 0. The second-order valence-corrected chi connectivity index (χ2v) is 6.10. The SMILES string of the molecule is CC1CCC(O)(CNCc2ccc(OCC#N)cc2)CC1. The molecule has 114 valence electrons. The number of benzene rings is 1. The molecule has 1 aromatic rings. The van der Waals surface area contributed by atoms with Gasteiger partial charge in [0.15, 0.2) is 6.61 Å². The van der Waals surface area contributed by atoms with Crippen molar-refractivity contribution in [1.29, 1.82) is 5.26 Å². The number of hydrogen-bond donors (Lipinski definition) is 2. The van der Waals surface area contributed by atoms with Gasteiger partial charge in [0, 0.05) is 13.1 Å². The molecule has 4 heteroatoms. The second kappa shape index (κ2) is 7.44. The van der Waals surface area contributed by atoms with Crippen LogP contribution in [0.1, 0.15) is 38.2 Å². The summed E-state index contributed by atoms with van der Waals surface area (Å²) in [5.74, 6) is 1.45. The van der Waals surface area contributed by atoms with E-state index in [1.165, 1.54) is 0 Å². The first kappa shape index (κ1) is 15.8. The van der Waals surface area contributed by atoms with Gasteiger partial charge in [-0.15, -0.1) is 0 Å². The molecule has 4 nitrogen and oxygen atoms in total. The second-order valence-electron chi connectivity index (χ2n) is 6.10. The molecule has 1 aromatic carbocycles. The minimum absolute atomic E-state index is 0.0725. The number of nitriles is 1. The van der Waals surface area contributed by atoms with Crippen LogP contribution in [0.25, 0.3) is 0 Å². The largest absolute Gasteiger partial charge is 0.479 e. The van der Waals surface area contributed by atoms with Crippen LogP contribution in [-0.4, -0.2) is 23.9 Å². The van der Waals surface area contributed by atoms with E-state index >= 15 is 0 Å². The predicted octanol–water partition coefficient (Wildman–Crippen LogP) is 2.62. The third-order valence-corrected chi connectivity index (χ3v) is 4.21. The molecule has 2 rings (SSSR count). The van der Waals surface area contributed by atoms with E-state index in [0.29, 0.717) is 12.3 Å². The molecule has 21 heavy (non-hydrogen) atoms. The highest BCUT2D eigenvalue weighted by Crippen LogP contribution is 2.31. The highest BCUT2D eigenvalue weighted by molar-refractivity contribution is 5.27. The molecule has 0 amide bonds. The predicted molar refractivity (Wildman–Crippen MR) is 81.8 cm³/mol. The maximum atomic E-state index is 10.5. The molecule has 0 aromatic heterocycles. The molecule has 1 fully saturated rings. The van der Waals surface area contributed by atoms with Crippen molar-refractivity contribution in [1.82, 2.24) is 5.32 Å². The Morgan fingerprint density at radius 2 is 2.00 bits per heavy atom. The van der Waals surface area contributed by atoms with Gasteiger partial charge in [-0.2, -0.15) is 5.26 Å². The number of ether oxygens (including phenoxy) is 1. The van der Waals surface area contributed by atoms with Crippen molar-refractivity contribution in [2.45, 2.75) is 44.8 Å². The Balaban J connectivity index is 1.74. The number of rotatable bonds is 6.